The van der Waals surface area contributed by atoms with Crippen molar-refractivity contribution in [3.05, 3.63) is 24.3 Å². The van der Waals surface area contributed by atoms with E-state index in [1.54, 1.807) is 0 Å². The van der Waals surface area contributed by atoms with Crippen molar-refractivity contribution in [2.75, 3.05) is 12.3 Å². The first-order chi connectivity index (χ1) is 6.99. The van der Waals surface area contributed by atoms with Crippen molar-refractivity contribution < 1.29 is 4.79 Å². The number of carbonyl (C=O) groups excluding carboxylic acids is 1. The van der Waals surface area contributed by atoms with E-state index in [1.807, 2.05) is 35.5 Å². The van der Waals surface area contributed by atoms with Gasteiger partial charge in [0, 0.05) is 12.3 Å². The second-order valence-electron chi connectivity index (χ2n) is 4.55. The summed E-state index contributed by atoms with van der Waals surface area (Å²) in [5.41, 5.74) is 0. The molecule has 0 saturated carbocycles. The number of hydrogen-bond acceptors (Lipinski definition) is 2. The Kier molecular flexibility index (Phi) is 4.66. The third kappa shape index (κ3) is 5.23. The van der Waals surface area contributed by atoms with E-state index in [0.717, 1.165) is 12.3 Å². The maximum Gasteiger partial charge on any atom is 0.230 e. The zero-order valence-electron chi connectivity index (χ0n) is 9.62. The van der Waals surface area contributed by atoms with Crippen LogP contribution in [0.4, 0.5) is 0 Å². The van der Waals surface area contributed by atoms with Crippen LogP contribution in [0.5, 0.6) is 0 Å². The van der Waals surface area contributed by atoms with Gasteiger partial charge in [0.15, 0.2) is 0 Å². The van der Waals surface area contributed by atoms with Crippen LogP contribution < -0.4 is 5.32 Å². The van der Waals surface area contributed by atoms with E-state index in [9.17, 15) is 4.79 Å². The minimum Gasteiger partial charge on any atom is -0.355 e. The van der Waals surface area contributed by atoms with Crippen LogP contribution in [-0.2, 0) is 4.79 Å². The fraction of sp³-hybridized carbons (Fsp3) is 0.545. The van der Waals surface area contributed by atoms with Gasteiger partial charge in [-0.3, -0.25) is 4.79 Å². The van der Waals surface area contributed by atoms with Crippen molar-refractivity contribution in [2.45, 2.75) is 19.6 Å². The van der Waals surface area contributed by atoms with E-state index in [4.69, 9.17) is 0 Å². The monoisotopic (exact) mass is 241 g/mol. The highest BCUT2D eigenvalue weighted by Gasteiger charge is 2.15. The standard InChI is InChI=1S/C11H19NOSSi/c1-15(2,3)14-9-8-12-11(13)10-6-4-5-7-10/h4-7,10H,8-9H2,1-3H3,(H,12,13). The normalized spacial score (nSPS) is 15.9. The second-order valence-corrected chi connectivity index (χ2v) is 14.0. The number of amides is 1. The molecule has 0 unspecified atom stereocenters. The van der Waals surface area contributed by atoms with Crippen molar-refractivity contribution in [1.29, 1.82) is 0 Å². The van der Waals surface area contributed by atoms with Gasteiger partial charge in [0.1, 0.15) is 7.22 Å². The van der Waals surface area contributed by atoms with Gasteiger partial charge in [0.25, 0.3) is 0 Å². The lowest BCUT2D eigenvalue weighted by Crippen LogP contribution is -2.31. The summed E-state index contributed by atoms with van der Waals surface area (Å²) in [4.78, 5) is 11.6. The van der Waals surface area contributed by atoms with Gasteiger partial charge in [0.05, 0.1) is 5.92 Å². The third-order valence-corrected chi connectivity index (χ3v) is 6.47. The highest BCUT2D eigenvalue weighted by Crippen LogP contribution is 2.18. The Morgan fingerprint density at radius 3 is 2.47 bits per heavy atom. The SMILES string of the molecule is C[Si](C)(C)SCCNC(=O)C1C=CC=C1. The molecule has 1 rings (SSSR count). The largest absolute Gasteiger partial charge is 0.355 e. The van der Waals surface area contributed by atoms with Crippen LogP contribution in [0.1, 0.15) is 0 Å². The summed E-state index contributed by atoms with van der Waals surface area (Å²) in [7, 11) is -1.02. The number of allylic oxidation sites excluding steroid dienone is 2. The van der Waals surface area contributed by atoms with E-state index in [1.165, 1.54) is 0 Å². The molecule has 2 nitrogen and oxygen atoms in total. The van der Waals surface area contributed by atoms with Gasteiger partial charge in [-0.05, 0) is 0 Å². The molecule has 0 aliphatic heterocycles. The lowest BCUT2D eigenvalue weighted by Gasteiger charge is -2.15. The molecule has 0 saturated heterocycles. The summed E-state index contributed by atoms with van der Waals surface area (Å²) < 4.78 is 0. The predicted octanol–water partition coefficient (Wildman–Crippen LogP) is 2.41. The fourth-order valence-corrected chi connectivity index (χ4v) is 4.22. The summed E-state index contributed by atoms with van der Waals surface area (Å²) in [5.74, 6) is 1.11. The first kappa shape index (κ1) is 12.6. The van der Waals surface area contributed by atoms with E-state index in [0.29, 0.717) is 0 Å². The van der Waals surface area contributed by atoms with Crippen molar-refractivity contribution in [3.63, 3.8) is 0 Å². The Balaban J connectivity index is 2.13. The minimum atomic E-state index is -1.02. The van der Waals surface area contributed by atoms with Crippen LogP contribution in [0, 0.1) is 5.92 Å². The molecule has 0 radical (unpaired) electrons. The van der Waals surface area contributed by atoms with Gasteiger partial charge in [-0.1, -0.05) is 43.9 Å². The van der Waals surface area contributed by atoms with Gasteiger partial charge in [0.2, 0.25) is 5.91 Å². The molecule has 0 aromatic heterocycles. The molecular weight excluding hydrogens is 222 g/mol. The molecule has 15 heavy (non-hydrogen) atoms. The molecule has 0 fully saturated rings. The van der Waals surface area contributed by atoms with Crippen molar-refractivity contribution in [3.8, 4) is 0 Å². The van der Waals surface area contributed by atoms with E-state index in [2.05, 4.69) is 25.0 Å². The molecule has 0 bridgehead atoms. The zero-order chi connectivity index (χ0) is 11.3. The average molecular weight is 241 g/mol. The van der Waals surface area contributed by atoms with Crippen LogP contribution in [0.3, 0.4) is 0 Å². The molecular formula is C11H19NOSSi. The Bertz CT molecular complexity index is 269. The number of rotatable bonds is 5. The molecule has 4 heteroatoms. The molecule has 1 aliphatic carbocycles. The van der Waals surface area contributed by atoms with Crippen molar-refractivity contribution in [2.24, 2.45) is 5.92 Å². The summed E-state index contributed by atoms with van der Waals surface area (Å²) in [6.45, 7) is 7.75. The van der Waals surface area contributed by atoms with Gasteiger partial charge >= 0.3 is 0 Å². The molecule has 1 aliphatic rings. The fourth-order valence-electron chi connectivity index (χ4n) is 1.26. The smallest absolute Gasteiger partial charge is 0.230 e. The number of hydrogen-bond donors (Lipinski definition) is 1. The highest BCUT2D eigenvalue weighted by atomic mass is 32.4. The first-order valence-electron chi connectivity index (χ1n) is 5.26. The van der Waals surface area contributed by atoms with Crippen LogP contribution in [-0.4, -0.2) is 25.4 Å². The Morgan fingerprint density at radius 2 is 1.93 bits per heavy atom. The Morgan fingerprint density at radius 1 is 1.33 bits per heavy atom. The quantitative estimate of drug-likeness (QED) is 0.591. The number of carbonyl (C=O) groups is 1. The van der Waals surface area contributed by atoms with Gasteiger partial charge < -0.3 is 5.32 Å². The molecule has 0 atom stereocenters. The van der Waals surface area contributed by atoms with E-state index in [-0.39, 0.29) is 11.8 Å². The summed E-state index contributed by atoms with van der Waals surface area (Å²) in [5, 5.41) is 2.96. The van der Waals surface area contributed by atoms with Crippen molar-refractivity contribution >= 4 is 24.3 Å². The Hall–Kier alpha value is -0.483. The van der Waals surface area contributed by atoms with Crippen LogP contribution >= 0.6 is 11.2 Å². The van der Waals surface area contributed by atoms with Gasteiger partial charge in [-0.15, -0.1) is 0 Å². The van der Waals surface area contributed by atoms with Crippen LogP contribution in [0.2, 0.25) is 19.6 Å². The maximum absolute atomic E-state index is 11.6. The molecule has 84 valence electrons. The van der Waals surface area contributed by atoms with Crippen molar-refractivity contribution in [1.82, 2.24) is 5.32 Å². The van der Waals surface area contributed by atoms with Crippen LogP contribution in [0.15, 0.2) is 24.3 Å². The predicted molar refractivity (Wildman–Crippen MR) is 70.6 cm³/mol. The van der Waals surface area contributed by atoms with Gasteiger partial charge in [-0.25, -0.2) is 0 Å². The molecule has 0 aromatic rings. The van der Waals surface area contributed by atoms with E-state index < -0.39 is 7.22 Å². The van der Waals surface area contributed by atoms with Crippen LogP contribution in [0.25, 0.3) is 0 Å². The summed E-state index contributed by atoms with van der Waals surface area (Å²) in [6.07, 6.45) is 7.67. The molecule has 0 spiro atoms. The minimum absolute atomic E-state index is 0.0399. The summed E-state index contributed by atoms with van der Waals surface area (Å²) in [6, 6.07) is 0. The van der Waals surface area contributed by atoms with Gasteiger partial charge in [-0.2, -0.15) is 11.2 Å². The lowest BCUT2D eigenvalue weighted by molar-refractivity contribution is -0.122. The third-order valence-electron chi connectivity index (χ3n) is 1.99. The molecule has 0 heterocycles. The summed E-state index contributed by atoms with van der Waals surface area (Å²) >= 11 is 2.01. The van der Waals surface area contributed by atoms with E-state index >= 15 is 0 Å². The second kappa shape index (κ2) is 5.56. The molecule has 1 amide bonds. The Labute approximate surface area is 96.9 Å². The maximum atomic E-state index is 11.6. The highest BCUT2D eigenvalue weighted by molar-refractivity contribution is 8.28. The first-order valence-corrected chi connectivity index (χ1v) is 10.5. The molecule has 0 aromatic carbocycles. The number of nitrogens with one attached hydrogen (secondary N) is 1. The lowest BCUT2D eigenvalue weighted by atomic mass is 10.1. The topological polar surface area (TPSA) is 29.1 Å². The molecule has 1 N–H and O–H groups in total. The zero-order valence-corrected chi connectivity index (χ0v) is 11.4. The average Bonchev–Trinajstić information content (AvgIpc) is 2.63.